The molecular formula is C20H30N6O3. The number of methoxy groups -OCH3 is 2. The predicted octanol–water partition coefficient (Wildman–Crippen LogP) is 1.21. The highest BCUT2D eigenvalue weighted by Gasteiger charge is 2.31. The number of rotatable bonds is 7. The van der Waals surface area contributed by atoms with Gasteiger partial charge in [0.1, 0.15) is 0 Å². The second-order valence-electron chi connectivity index (χ2n) is 7.71. The van der Waals surface area contributed by atoms with Gasteiger partial charge >= 0.3 is 0 Å². The Morgan fingerprint density at radius 1 is 1.14 bits per heavy atom. The van der Waals surface area contributed by atoms with Gasteiger partial charge in [0.05, 0.1) is 32.9 Å². The summed E-state index contributed by atoms with van der Waals surface area (Å²) in [6.07, 6.45) is 2.32. The SMILES string of the molecule is COc1ccc([C@@H](c2nnnn2C[C@@H]2CCCO2)N2CCN(C)CC2)cc1OC. The quantitative estimate of drug-likeness (QED) is 0.684. The zero-order chi connectivity index (χ0) is 20.2. The normalized spacial score (nSPS) is 22.0. The van der Waals surface area contributed by atoms with Crippen molar-refractivity contribution in [3.05, 3.63) is 29.6 Å². The van der Waals surface area contributed by atoms with Gasteiger partial charge in [-0.05, 0) is 48.0 Å². The molecule has 9 heteroatoms. The molecule has 2 aliphatic rings. The average molecular weight is 402 g/mol. The predicted molar refractivity (Wildman–Crippen MR) is 107 cm³/mol. The number of piperazine rings is 1. The zero-order valence-corrected chi connectivity index (χ0v) is 17.5. The summed E-state index contributed by atoms with van der Waals surface area (Å²) in [4.78, 5) is 4.79. The lowest BCUT2D eigenvalue weighted by Crippen LogP contribution is -2.46. The van der Waals surface area contributed by atoms with Crippen molar-refractivity contribution in [3.8, 4) is 11.5 Å². The van der Waals surface area contributed by atoms with Crippen LogP contribution in [0, 0.1) is 0 Å². The molecule has 2 fully saturated rings. The summed E-state index contributed by atoms with van der Waals surface area (Å²) >= 11 is 0. The Morgan fingerprint density at radius 3 is 2.62 bits per heavy atom. The minimum Gasteiger partial charge on any atom is -0.493 e. The highest BCUT2D eigenvalue weighted by atomic mass is 16.5. The lowest BCUT2D eigenvalue weighted by Gasteiger charge is -2.37. The van der Waals surface area contributed by atoms with Gasteiger partial charge in [0.15, 0.2) is 17.3 Å². The van der Waals surface area contributed by atoms with Crippen molar-refractivity contribution < 1.29 is 14.2 Å². The van der Waals surface area contributed by atoms with Gasteiger partial charge in [0.2, 0.25) is 0 Å². The smallest absolute Gasteiger partial charge is 0.173 e. The first kappa shape index (κ1) is 20.1. The molecular weight excluding hydrogens is 372 g/mol. The number of tetrazole rings is 1. The summed E-state index contributed by atoms with van der Waals surface area (Å²) in [5, 5.41) is 12.8. The van der Waals surface area contributed by atoms with Gasteiger partial charge in [-0.25, -0.2) is 4.68 Å². The van der Waals surface area contributed by atoms with Crippen molar-refractivity contribution in [3.63, 3.8) is 0 Å². The molecule has 2 aliphatic heterocycles. The minimum absolute atomic E-state index is 0.0556. The van der Waals surface area contributed by atoms with E-state index in [4.69, 9.17) is 14.2 Å². The fourth-order valence-electron chi connectivity index (χ4n) is 4.14. The number of likely N-dealkylation sites (N-methyl/N-ethyl adjacent to an activating group) is 1. The molecule has 0 amide bonds. The monoisotopic (exact) mass is 402 g/mol. The molecule has 1 aromatic carbocycles. The van der Waals surface area contributed by atoms with Crippen LogP contribution in [0.5, 0.6) is 11.5 Å². The highest BCUT2D eigenvalue weighted by Crippen LogP contribution is 2.35. The minimum atomic E-state index is -0.0556. The van der Waals surface area contributed by atoms with Crippen LogP contribution in [-0.2, 0) is 11.3 Å². The number of aromatic nitrogens is 4. The van der Waals surface area contributed by atoms with Crippen LogP contribution in [0.25, 0.3) is 0 Å². The molecule has 0 saturated carbocycles. The molecule has 0 radical (unpaired) electrons. The maximum atomic E-state index is 5.82. The molecule has 0 aliphatic carbocycles. The second-order valence-corrected chi connectivity index (χ2v) is 7.71. The molecule has 0 spiro atoms. The van der Waals surface area contributed by atoms with E-state index in [-0.39, 0.29) is 12.1 Å². The molecule has 158 valence electrons. The van der Waals surface area contributed by atoms with E-state index in [1.165, 1.54) is 0 Å². The van der Waals surface area contributed by atoms with Gasteiger partial charge in [-0.2, -0.15) is 0 Å². The van der Waals surface area contributed by atoms with E-state index in [9.17, 15) is 0 Å². The maximum Gasteiger partial charge on any atom is 0.173 e. The summed E-state index contributed by atoms with van der Waals surface area (Å²) in [5.41, 5.74) is 1.09. The topological polar surface area (TPSA) is 77.8 Å². The summed E-state index contributed by atoms with van der Waals surface area (Å²) in [5.74, 6) is 2.27. The van der Waals surface area contributed by atoms with Gasteiger partial charge in [0.25, 0.3) is 0 Å². The van der Waals surface area contributed by atoms with Crippen LogP contribution in [0.2, 0.25) is 0 Å². The number of benzene rings is 1. The Hall–Kier alpha value is -2.23. The third-order valence-corrected chi connectivity index (χ3v) is 5.83. The maximum absolute atomic E-state index is 5.82. The molecule has 2 aromatic rings. The van der Waals surface area contributed by atoms with E-state index in [0.29, 0.717) is 18.0 Å². The van der Waals surface area contributed by atoms with E-state index in [1.54, 1.807) is 14.2 Å². The summed E-state index contributed by atoms with van der Waals surface area (Å²) in [6, 6.07) is 6.01. The first-order valence-electron chi connectivity index (χ1n) is 10.2. The average Bonchev–Trinajstić information content (AvgIpc) is 3.42. The van der Waals surface area contributed by atoms with Crippen LogP contribution in [0.1, 0.15) is 30.3 Å². The van der Waals surface area contributed by atoms with Crippen molar-refractivity contribution in [2.24, 2.45) is 0 Å². The molecule has 0 N–H and O–H groups in total. The number of nitrogens with zero attached hydrogens (tertiary/aromatic N) is 6. The lowest BCUT2D eigenvalue weighted by atomic mass is 10.0. The van der Waals surface area contributed by atoms with Crippen LogP contribution < -0.4 is 9.47 Å². The van der Waals surface area contributed by atoms with Gasteiger partial charge in [-0.15, -0.1) is 5.10 Å². The van der Waals surface area contributed by atoms with E-state index in [2.05, 4.69) is 38.4 Å². The molecule has 9 nitrogen and oxygen atoms in total. The Balaban J connectivity index is 1.69. The summed E-state index contributed by atoms with van der Waals surface area (Å²) in [7, 11) is 5.47. The van der Waals surface area contributed by atoms with Crippen LogP contribution in [0.3, 0.4) is 0 Å². The Labute approximate surface area is 171 Å². The Bertz CT molecular complexity index is 799. The first-order valence-corrected chi connectivity index (χ1v) is 10.2. The number of hydrogen-bond donors (Lipinski definition) is 0. The molecule has 2 atom stereocenters. The third-order valence-electron chi connectivity index (χ3n) is 5.83. The molecule has 29 heavy (non-hydrogen) atoms. The molecule has 0 unspecified atom stereocenters. The van der Waals surface area contributed by atoms with E-state index in [0.717, 1.165) is 57.0 Å². The van der Waals surface area contributed by atoms with Crippen molar-refractivity contribution in [1.29, 1.82) is 0 Å². The standard InChI is InChI=1S/C20H30N6O3/c1-24-8-10-25(11-9-24)19(15-6-7-17(27-2)18(13-15)28-3)20-21-22-23-26(20)14-16-5-4-12-29-16/h6-7,13,16,19H,4-5,8-12,14H2,1-3H3/t16-,19-/m0/s1. The van der Waals surface area contributed by atoms with Crippen molar-refractivity contribution in [2.45, 2.75) is 31.5 Å². The van der Waals surface area contributed by atoms with Crippen molar-refractivity contribution in [2.75, 3.05) is 54.1 Å². The second kappa shape index (κ2) is 9.06. The van der Waals surface area contributed by atoms with Crippen LogP contribution >= 0.6 is 0 Å². The molecule has 1 aromatic heterocycles. The summed E-state index contributed by atoms with van der Waals surface area (Å²) < 4.78 is 18.7. The van der Waals surface area contributed by atoms with Gasteiger partial charge in [0, 0.05) is 32.8 Å². The highest BCUT2D eigenvalue weighted by molar-refractivity contribution is 5.45. The largest absolute Gasteiger partial charge is 0.493 e. The molecule has 0 bridgehead atoms. The third kappa shape index (κ3) is 4.36. The number of hydrogen-bond acceptors (Lipinski definition) is 8. The van der Waals surface area contributed by atoms with E-state index in [1.807, 2.05) is 16.8 Å². The Morgan fingerprint density at radius 2 is 1.93 bits per heavy atom. The van der Waals surface area contributed by atoms with E-state index >= 15 is 0 Å². The van der Waals surface area contributed by atoms with Crippen LogP contribution in [0.15, 0.2) is 18.2 Å². The zero-order valence-electron chi connectivity index (χ0n) is 17.5. The van der Waals surface area contributed by atoms with Crippen LogP contribution in [-0.4, -0.2) is 90.2 Å². The van der Waals surface area contributed by atoms with E-state index < -0.39 is 0 Å². The van der Waals surface area contributed by atoms with Crippen LogP contribution in [0.4, 0.5) is 0 Å². The van der Waals surface area contributed by atoms with Gasteiger partial charge < -0.3 is 19.1 Å². The molecule has 3 heterocycles. The Kier molecular flexibility index (Phi) is 6.27. The van der Waals surface area contributed by atoms with Crippen molar-refractivity contribution >= 4 is 0 Å². The fraction of sp³-hybridized carbons (Fsp3) is 0.650. The fourth-order valence-corrected chi connectivity index (χ4v) is 4.14. The van der Waals surface area contributed by atoms with Gasteiger partial charge in [-0.1, -0.05) is 6.07 Å². The number of ether oxygens (including phenoxy) is 3. The molecule has 4 rings (SSSR count). The lowest BCUT2D eigenvalue weighted by molar-refractivity contribution is 0.0878. The first-order chi connectivity index (χ1) is 14.2. The summed E-state index contributed by atoms with van der Waals surface area (Å²) in [6.45, 7) is 5.42. The van der Waals surface area contributed by atoms with Crippen molar-refractivity contribution in [1.82, 2.24) is 30.0 Å². The molecule has 2 saturated heterocycles. The van der Waals surface area contributed by atoms with Gasteiger partial charge in [-0.3, -0.25) is 4.90 Å².